The molecule has 1 aliphatic heterocycles. The second kappa shape index (κ2) is 16.4. The fourth-order valence-corrected chi connectivity index (χ4v) is 3.00. The fraction of sp³-hybridized carbons (Fsp3) is 0.375. The summed E-state index contributed by atoms with van der Waals surface area (Å²) >= 11 is 0. The molecule has 194 valence electrons. The number of benzene rings is 2. The average Bonchev–Trinajstić information content (AvgIpc) is 3.00. The number of alkyl halides is 2. The summed E-state index contributed by atoms with van der Waals surface area (Å²) in [6.07, 6.45) is -0.704. The maximum atomic E-state index is 13.0. The van der Waals surface area contributed by atoms with Crippen molar-refractivity contribution in [3.8, 4) is 0 Å². The molecular weight excluding hydrogens is 475 g/mol. The molecule has 3 rings (SSSR count). The highest BCUT2D eigenvalue weighted by Crippen LogP contribution is 2.19. The summed E-state index contributed by atoms with van der Waals surface area (Å²) in [6.45, 7) is 6.56. The molecule has 1 heterocycles. The van der Waals surface area contributed by atoms with Gasteiger partial charge in [-0.3, -0.25) is 4.79 Å². The zero-order chi connectivity index (χ0) is 27.1. The van der Waals surface area contributed by atoms with Gasteiger partial charge in [-0.25, -0.2) is 22.0 Å². The number of rotatable bonds is 3. The Balaban J connectivity index is 0.000000691. The number of nitrogens with zero attached hydrogens (tertiary/aromatic N) is 1. The molecule has 2 atom stereocenters. The maximum Gasteiger partial charge on any atom is 0.255 e. The van der Waals surface area contributed by atoms with Crippen molar-refractivity contribution in [2.24, 2.45) is 0 Å². The van der Waals surface area contributed by atoms with E-state index in [-0.39, 0.29) is 11.3 Å². The number of carbonyl (C=O) groups is 3. The second-order valence-electron chi connectivity index (χ2n) is 7.45. The second-order valence-corrected chi connectivity index (χ2v) is 7.45. The first-order valence-electron chi connectivity index (χ1n) is 10.3. The predicted molar refractivity (Wildman–Crippen MR) is 122 cm³/mol. The number of aryl methyl sites for hydroxylation is 1. The summed E-state index contributed by atoms with van der Waals surface area (Å²) in [7, 11) is 1.95. The molecule has 1 aliphatic rings. The quantitative estimate of drug-likeness (QED) is 0.484. The summed E-state index contributed by atoms with van der Waals surface area (Å²) in [5.74, 6) is -5.02. The molecule has 0 radical (unpaired) electrons. The van der Waals surface area contributed by atoms with Crippen LogP contribution in [0.1, 0.15) is 34.3 Å². The molecule has 0 bridgehead atoms. The Hall–Kier alpha value is -3.18. The number of halogens is 5. The Kier molecular flexibility index (Phi) is 15.0. The Morgan fingerprint density at radius 3 is 2.11 bits per heavy atom. The highest BCUT2D eigenvalue weighted by molar-refractivity contribution is 6.04. The maximum absolute atomic E-state index is 13.0. The van der Waals surface area contributed by atoms with Crippen LogP contribution in [0, 0.1) is 24.4 Å². The molecule has 0 aromatic heterocycles. The van der Waals surface area contributed by atoms with Crippen LogP contribution in [0.25, 0.3) is 0 Å². The lowest BCUT2D eigenvalue weighted by molar-refractivity contribution is -0.0987. The first kappa shape index (κ1) is 31.8. The zero-order valence-corrected chi connectivity index (χ0v) is 19.5. The van der Waals surface area contributed by atoms with Crippen LogP contribution in [0.15, 0.2) is 30.3 Å². The largest absolute Gasteiger partial charge is 0.390 e. The van der Waals surface area contributed by atoms with Gasteiger partial charge in [0.25, 0.3) is 5.91 Å². The van der Waals surface area contributed by atoms with Crippen LogP contribution in [0.3, 0.4) is 0 Å². The molecule has 0 spiro atoms. The van der Waals surface area contributed by atoms with E-state index in [1.807, 2.05) is 25.5 Å². The normalized spacial score (nSPS) is 17.3. The van der Waals surface area contributed by atoms with Crippen LogP contribution >= 0.6 is 0 Å². The van der Waals surface area contributed by atoms with Crippen LogP contribution in [0.4, 0.5) is 27.6 Å². The van der Waals surface area contributed by atoms with Gasteiger partial charge in [0.05, 0.1) is 6.10 Å². The molecule has 1 fully saturated rings. The number of nitrogens with one attached hydrogen (secondary N) is 1. The van der Waals surface area contributed by atoms with Gasteiger partial charge in [-0.1, -0.05) is 6.07 Å². The van der Waals surface area contributed by atoms with Gasteiger partial charge < -0.3 is 24.9 Å². The third-order valence-electron chi connectivity index (χ3n) is 5.00. The van der Waals surface area contributed by atoms with Crippen LogP contribution in [0.2, 0.25) is 0 Å². The third-order valence-corrected chi connectivity index (χ3v) is 5.00. The molecule has 2 N–H and O–H groups in total. The number of amides is 1. The van der Waals surface area contributed by atoms with Crippen molar-refractivity contribution in [3.05, 3.63) is 64.5 Å². The zero-order valence-electron chi connectivity index (χ0n) is 19.5. The fourth-order valence-electron chi connectivity index (χ4n) is 3.00. The smallest absolute Gasteiger partial charge is 0.255 e. The van der Waals surface area contributed by atoms with Crippen LogP contribution < -0.4 is 5.32 Å². The van der Waals surface area contributed by atoms with Crippen molar-refractivity contribution in [1.29, 1.82) is 0 Å². The highest BCUT2D eigenvalue weighted by Gasteiger charge is 2.22. The van der Waals surface area contributed by atoms with Gasteiger partial charge in [-0.15, -0.1) is 0 Å². The first-order valence-corrected chi connectivity index (χ1v) is 10.3. The van der Waals surface area contributed by atoms with Crippen molar-refractivity contribution < 1.29 is 41.4 Å². The van der Waals surface area contributed by atoms with Crippen molar-refractivity contribution in [2.45, 2.75) is 38.7 Å². The molecule has 1 amide bonds. The van der Waals surface area contributed by atoms with E-state index < -0.39 is 42.3 Å². The molecule has 35 heavy (non-hydrogen) atoms. The van der Waals surface area contributed by atoms with E-state index in [1.165, 1.54) is 18.2 Å². The number of hydrogen-bond acceptors (Lipinski definition) is 5. The minimum absolute atomic E-state index is 0.204. The number of likely N-dealkylation sites (tertiary alicyclic amines) is 1. The predicted octanol–water partition coefficient (Wildman–Crippen LogP) is 4.18. The molecule has 6 nitrogen and oxygen atoms in total. The lowest BCUT2D eigenvalue weighted by Gasteiger charge is -2.10. The number of carbonyl (C=O) groups excluding carboxylic acids is 3. The Bertz CT molecular complexity index is 911. The average molecular weight is 504 g/mol. The van der Waals surface area contributed by atoms with Gasteiger partial charge >= 0.3 is 0 Å². The van der Waals surface area contributed by atoms with E-state index in [9.17, 15) is 26.7 Å². The summed E-state index contributed by atoms with van der Waals surface area (Å²) < 4.78 is 64.2. The summed E-state index contributed by atoms with van der Waals surface area (Å²) in [5, 5.41) is 11.3. The lowest BCUT2D eigenvalue weighted by Crippen LogP contribution is -2.20. The first-order chi connectivity index (χ1) is 16.6. The minimum Gasteiger partial charge on any atom is -0.390 e. The number of aliphatic hydroxyl groups excluding tert-OH is 1. The summed E-state index contributed by atoms with van der Waals surface area (Å²) in [5.41, 5.74) is 1.03. The van der Waals surface area contributed by atoms with E-state index in [2.05, 4.69) is 5.32 Å². The van der Waals surface area contributed by atoms with E-state index in [1.54, 1.807) is 6.92 Å². The summed E-state index contributed by atoms with van der Waals surface area (Å²) in [4.78, 5) is 30.0. The van der Waals surface area contributed by atoms with Crippen LogP contribution in [-0.2, 0) is 16.3 Å². The topological polar surface area (TPSA) is 86.7 Å². The van der Waals surface area contributed by atoms with E-state index >= 15 is 0 Å². The van der Waals surface area contributed by atoms with Crippen LogP contribution in [0.5, 0.6) is 0 Å². The monoisotopic (exact) mass is 504 g/mol. The van der Waals surface area contributed by atoms with Crippen molar-refractivity contribution in [3.63, 3.8) is 0 Å². The highest BCUT2D eigenvalue weighted by atomic mass is 19.2. The van der Waals surface area contributed by atoms with E-state index in [0.29, 0.717) is 36.1 Å². The standard InChI is InChI=1S/C15H11F4NO.C7H14FNO.2CH2O/c1-8-4-9(2-3-10(8)7-16)15(21)20-11-5-12(17)14(19)13(18)6-11;1-9-4-2-6(8)7(10)3-5-9;2*1-2/h2-6H,7H2,1H3,(H,20,21);6-7,10H,2-5H2,1H3;2*1H2. The molecule has 2 unspecified atom stereocenters. The Morgan fingerprint density at radius 2 is 1.60 bits per heavy atom. The molecular formula is C24H29F5N2O4. The number of anilines is 1. The van der Waals surface area contributed by atoms with Gasteiger partial charge in [0, 0.05) is 36.5 Å². The lowest BCUT2D eigenvalue weighted by atomic mass is 10.1. The van der Waals surface area contributed by atoms with Crippen LogP contribution in [-0.4, -0.2) is 61.9 Å². The SMILES string of the molecule is C=O.C=O.CN1CCC(O)C(F)CC1.Cc1cc(C(=O)Nc2cc(F)c(F)c(F)c2)ccc1CF. The van der Waals surface area contributed by atoms with Gasteiger partial charge in [0.2, 0.25) is 0 Å². The number of hydrogen-bond donors (Lipinski definition) is 2. The van der Waals surface area contributed by atoms with Gasteiger partial charge in [0.1, 0.15) is 26.4 Å². The number of aliphatic hydroxyl groups is 1. The molecule has 1 saturated heterocycles. The Labute approximate surface area is 200 Å². The molecule has 0 aliphatic carbocycles. The molecule has 11 heteroatoms. The Morgan fingerprint density at radius 1 is 1.06 bits per heavy atom. The van der Waals surface area contributed by atoms with E-state index in [0.717, 1.165) is 13.1 Å². The van der Waals surface area contributed by atoms with Crippen molar-refractivity contribution in [2.75, 3.05) is 25.5 Å². The van der Waals surface area contributed by atoms with Gasteiger partial charge in [-0.2, -0.15) is 0 Å². The molecule has 0 saturated carbocycles. The van der Waals surface area contributed by atoms with Gasteiger partial charge in [-0.05, 0) is 50.1 Å². The van der Waals surface area contributed by atoms with Crippen molar-refractivity contribution in [1.82, 2.24) is 4.90 Å². The molecule has 2 aromatic rings. The third kappa shape index (κ3) is 10.3. The van der Waals surface area contributed by atoms with E-state index in [4.69, 9.17) is 14.7 Å². The van der Waals surface area contributed by atoms with Crippen molar-refractivity contribution >= 4 is 25.2 Å². The van der Waals surface area contributed by atoms with Gasteiger partial charge in [0.15, 0.2) is 17.5 Å². The molecule has 2 aromatic carbocycles. The summed E-state index contributed by atoms with van der Waals surface area (Å²) in [6, 6.07) is 5.67. The minimum atomic E-state index is -1.60.